The molecule has 2 aromatic carbocycles. The van der Waals surface area contributed by atoms with Crippen molar-refractivity contribution >= 4 is 22.5 Å². The summed E-state index contributed by atoms with van der Waals surface area (Å²) in [5.74, 6) is -0.506. The molecule has 0 aliphatic carbocycles. The van der Waals surface area contributed by atoms with Crippen LogP contribution in [0.1, 0.15) is 30.9 Å². The number of nitrogens with zero attached hydrogens (tertiary/aromatic N) is 4. The van der Waals surface area contributed by atoms with Gasteiger partial charge in [0.25, 0.3) is 0 Å². The molecule has 2 N–H and O–H groups in total. The smallest absolute Gasteiger partial charge is 0.225 e. The zero-order valence-electron chi connectivity index (χ0n) is 21.6. The summed E-state index contributed by atoms with van der Waals surface area (Å²) in [5, 5.41) is 19.9. The molecule has 1 aromatic heterocycles. The summed E-state index contributed by atoms with van der Waals surface area (Å²) in [4.78, 5) is 17.9. The number of aryl methyl sites for hydroxylation is 1. The van der Waals surface area contributed by atoms with Gasteiger partial charge in [0.1, 0.15) is 19.3 Å². The van der Waals surface area contributed by atoms with E-state index in [9.17, 15) is 14.3 Å². The molecule has 3 atom stereocenters. The minimum atomic E-state index is -1.09. The van der Waals surface area contributed by atoms with Crippen molar-refractivity contribution in [1.29, 1.82) is 0 Å². The molecule has 3 aromatic rings. The van der Waals surface area contributed by atoms with Gasteiger partial charge in [-0.25, -0.2) is 4.39 Å². The first-order valence-electron chi connectivity index (χ1n) is 13.4. The van der Waals surface area contributed by atoms with Crippen molar-refractivity contribution < 1.29 is 23.8 Å². The first kappa shape index (κ1) is 24.9. The number of aliphatic hydroxyl groups excluding tert-OH is 1. The van der Waals surface area contributed by atoms with Crippen LogP contribution in [0.5, 0.6) is 11.5 Å². The molecule has 0 radical (unpaired) electrons. The monoisotopic (exact) mass is 523 g/mol. The van der Waals surface area contributed by atoms with E-state index in [0.29, 0.717) is 25.3 Å². The summed E-state index contributed by atoms with van der Waals surface area (Å²) in [6, 6.07) is 8.56. The van der Waals surface area contributed by atoms with Crippen molar-refractivity contribution in [3.8, 4) is 11.5 Å². The quantitative estimate of drug-likeness (QED) is 0.492. The topological polar surface area (TPSA) is 92.1 Å². The lowest BCUT2D eigenvalue weighted by molar-refractivity contribution is -0.126. The summed E-state index contributed by atoms with van der Waals surface area (Å²) in [5.41, 5.74) is 2.49. The molecule has 2 fully saturated rings. The van der Waals surface area contributed by atoms with Crippen molar-refractivity contribution in [1.82, 2.24) is 20.0 Å². The molecule has 10 heteroatoms. The van der Waals surface area contributed by atoms with Gasteiger partial charge in [-0.2, -0.15) is 5.10 Å². The van der Waals surface area contributed by atoms with Crippen LogP contribution in [0, 0.1) is 11.7 Å². The van der Waals surface area contributed by atoms with Gasteiger partial charge in [-0.15, -0.1) is 0 Å². The van der Waals surface area contributed by atoms with E-state index >= 15 is 0 Å². The van der Waals surface area contributed by atoms with Gasteiger partial charge < -0.3 is 29.7 Å². The van der Waals surface area contributed by atoms with Crippen LogP contribution in [0.15, 0.2) is 36.5 Å². The third kappa shape index (κ3) is 4.90. The highest BCUT2D eigenvalue weighted by molar-refractivity contribution is 5.84. The molecule has 202 valence electrons. The minimum Gasteiger partial charge on any atom is -0.486 e. The Morgan fingerprint density at radius 2 is 2.00 bits per heavy atom. The van der Waals surface area contributed by atoms with Crippen molar-refractivity contribution in [2.24, 2.45) is 13.0 Å². The zero-order valence-corrected chi connectivity index (χ0v) is 21.6. The van der Waals surface area contributed by atoms with Crippen LogP contribution in [-0.4, -0.2) is 77.7 Å². The van der Waals surface area contributed by atoms with Crippen LogP contribution >= 0.6 is 0 Å². The van der Waals surface area contributed by atoms with Crippen molar-refractivity contribution in [2.75, 3.05) is 50.8 Å². The van der Waals surface area contributed by atoms with Crippen molar-refractivity contribution in [3.05, 3.63) is 47.9 Å². The van der Waals surface area contributed by atoms with Crippen molar-refractivity contribution in [2.45, 2.75) is 31.4 Å². The Morgan fingerprint density at radius 1 is 1.18 bits per heavy atom. The molecule has 0 bridgehead atoms. The van der Waals surface area contributed by atoms with E-state index < -0.39 is 18.0 Å². The summed E-state index contributed by atoms with van der Waals surface area (Å²) >= 11 is 0. The standard InChI is InChI=1S/C28H34FN5O4/c1-32-24-14-21(5-4-18(24)15-30-32)34-9-6-19(16-34)28(36)31-23(17-33-7-2-3-8-33)26(35)20-12-22(29)27-25(13-20)37-10-11-38-27/h4-5,12-15,19,23,26,35H,2-3,6-11,16-17H2,1H3,(H,31,36)/t19-,23?,26?/m1/s1. The number of halogens is 1. The maximum absolute atomic E-state index is 14.7. The number of benzene rings is 2. The van der Waals surface area contributed by atoms with Gasteiger partial charge in [0.15, 0.2) is 17.3 Å². The van der Waals surface area contributed by atoms with Gasteiger partial charge in [0, 0.05) is 37.8 Å². The van der Waals surface area contributed by atoms with Crippen LogP contribution < -0.4 is 19.7 Å². The number of amides is 1. The number of carbonyl (C=O) groups excluding carboxylic acids is 1. The molecule has 0 saturated carbocycles. The zero-order chi connectivity index (χ0) is 26.2. The number of nitrogens with one attached hydrogen (secondary N) is 1. The fraction of sp³-hybridized carbons (Fsp3) is 0.500. The predicted octanol–water partition coefficient (Wildman–Crippen LogP) is 2.62. The van der Waals surface area contributed by atoms with Gasteiger partial charge in [-0.1, -0.05) is 0 Å². The molecule has 1 amide bonds. The van der Waals surface area contributed by atoms with E-state index in [0.717, 1.165) is 55.5 Å². The number of aromatic nitrogens is 2. The highest BCUT2D eigenvalue weighted by Gasteiger charge is 2.34. The molecular weight excluding hydrogens is 489 g/mol. The summed E-state index contributed by atoms with van der Waals surface area (Å²) in [6.07, 6.45) is 3.66. The molecule has 9 nitrogen and oxygen atoms in total. The van der Waals surface area contributed by atoms with Crippen LogP contribution in [0.25, 0.3) is 10.9 Å². The van der Waals surface area contributed by atoms with Gasteiger partial charge in [-0.3, -0.25) is 9.48 Å². The number of hydrogen-bond donors (Lipinski definition) is 2. The minimum absolute atomic E-state index is 0.0719. The van der Waals surface area contributed by atoms with E-state index in [4.69, 9.17) is 9.47 Å². The average Bonchev–Trinajstić information content (AvgIpc) is 3.70. The van der Waals surface area contributed by atoms with E-state index in [1.807, 2.05) is 17.9 Å². The molecule has 3 aliphatic rings. The molecule has 2 saturated heterocycles. The van der Waals surface area contributed by atoms with Crippen molar-refractivity contribution in [3.63, 3.8) is 0 Å². The third-order valence-corrected chi connectivity index (χ3v) is 7.98. The van der Waals surface area contributed by atoms with Crippen LogP contribution in [0.4, 0.5) is 10.1 Å². The summed E-state index contributed by atoms with van der Waals surface area (Å²) in [7, 11) is 1.92. The number of hydrogen-bond acceptors (Lipinski definition) is 7. The molecule has 3 aliphatic heterocycles. The Bertz CT molecular complexity index is 1320. The number of aliphatic hydroxyl groups is 1. The van der Waals surface area contributed by atoms with Crippen LogP contribution in [-0.2, 0) is 11.8 Å². The largest absolute Gasteiger partial charge is 0.486 e. The first-order chi connectivity index (χ1) is 18.5. The van der Waals surface area contributed by atoms with Crippen LogP contribution in [0.3, 0.4) is 0 Å². The number of rotatable bonds is 7. The van der Waals surface area contributed by atoms with E-state index in [1.54, 1.807) is 6.07 Å². The van der Waals surface area contributed by atoms with E-state index in [-0.39, 0.29) is 29.9 Å². The predicted molar refractivity (Wildman–Crippen MR) is 141 cm³/mol. The Labute approximate surface area is 221 Å². The normalized spacial score (nSPS) is 21.1. The second kappa shape index (κ2) is 10.4. The number of likely N-dealkylation sites (tertiary alicyclic amines) is 1. The lowest BCUT2D eigenvalue weighted by Crippen LogP contribution is -2.48. The molecule has 6 rings (SSSR count). The average molecular weight is 524 g/mol. The third-order valence-electron chi connectivity index (χ3n) is 7.98. The maximum atomic E-state index is 14.7. The van der Waals surface area contributed by atoms with Gasteiger partial charge >= 0.3 is 0 Å². The number of anilines is 1. The first-order valence-corrected chi connectivity index (χ1v) is 13.4. The number of carbonyl (C=O) groups is 1. The Balaban J connectivity index is 1.17. The molecule has 4 heterocycles. The SMILES string of the molecule is Cn1ncc2ccc(N3CC[C@@H](C(=O)NC(CN4CCCC4)C(O)c4cc(F)c5c(c4)OCCO5)C3)cc21. The number of fused-ring (bicyclic) bond motifs is 2. The second-order valence-electron chi connectivity index (χ2n) is 10.5. The van der Waals surface area contributed by atoms with Gasteiger partial charge in [-0.05, 0) is 68.2 Å². The van der Waals surface area contributed by atoms with E-state index in [1.165, 1.54) is 6.07 Å². The molecule has 2 unspecified atom stereocenters. The summed E-state index contributed by atoms with van der Waals surface area (Å²) in [6.45, 7) is 4.31. The van der Waals surface area contributed by atoms with E-state index in [2.05, 4.69) is 38.4 Å². The Kier molecular flexibility index (Phi) is 6.84. The van der Waals surface area contributed by atoms with Gasteiger partial charge in [0.2, 0.25) is 5.91 Å². The Morgan fingerprint density at radius 3 is 2.84 bits per heavy atom. The lowest BCUT2D eigenvalue weighted by atomic mass is 9.99. The highest BCUT2D eigenvalue weighted by atomic mass is 19.1. The fourth-order valence-corrected chi connectivity index (χ4v) is 5.84. The summed E-state index contributed by atoms with van der Waals surface area (Å²) < 4.78 is 27.6. The second-order valence-corrected chi connectivity index (χ2v) is 10.5. The molecular formula is C28H34FN5O4. The highest BCUT2D eigenvalue weighted by Crippen LogP contribution is 2.36. The Hall–Kier alpha value is -3.37. The molecule has 0 spiro atoms. The van der Waals surface area contributed by atoms with Gasteiger partial charge in [0.05, 0.1) is 23.7 Å². The number of ether oxygens (including phenoxy) is 2. The lowest BCUT2D eigenvalue weighted by Gasteiger charge is -2.30. The molecule has 38 heavy (non-hydrogen) atoms. The fourth-order valence-electron chi connectivity index (χ4n) is 5.84. The maximum Gasteiger partial charge on any atom is 0.225 e. The van der Waals surface area contributed by atoms with Crippen LogP contribution in [0.2, 0.25) is 0 Å².